The monoisotopic (exact) mass is 277 g/mol. The zero-order chi connectivity index (χ0) is 14.4. The fourth-order valence-corrected chi connectivity index (χ4v) is 2.84. The minimum absolute atomic E-state index is 0.339. The predicted octanol–water partition coefficient (Wildman–Crippen LogP) is 2.62. The third-order valence-electron chi connectivity index (χ3n) is 4.14. The van der Waals surface area contributed by atoms with E-state index < -0.39 is 0 Å². The van der Waals surface area contributed by atoms with Gasteiger partial charge >= 0.3 is 0 Å². The normalized spacial score (nSPS) is 21.1. The fraction of sp³-hybridized carbons (Fsp3) is 0.688. The van der Waals surface area contributed by atoms with E-state index in [0.717, 1.165) is 25.5 Å². The predicted molar refractivity (Wildman–Crippen MR) is 82.1 cm³/mol. The summed E-state index contributed by atoms with van der Waals surface area (Å²) in [6, 6.07) is 5.11. The lowest BCUT2D eigenvalue weighted by molar-refractivity contribution is 0.228. The SMILES string of the molecule is CCNC(C)c1ccnc(OCCC2CCCN2C)c1. The molecule has 1 saturated heterocycles. The number of hydrogen-bond acceptors (Lipinski definition) is 4. The highest BCUT2D eigenvalue weighted by Crippen LogP contribution is 2.19. The van der Waals surface area contributed by atoms with Crippen LogP contribution in [0.5, 0.6) is 5.88 Å². The maximum Gasteiger partial charge on any atom is 0.213 e. The van der Waals surface area contributed by atoms with Crippen LogP contribution in [0.4, 0.5) is 0 Å². The van der Waals surface area contributed by atoms with Crippen LogP contribution >= 0.6 is 0 Å². The van der Waals surface area contributed by atoms with E-state index in [2.05, 4.69) is 36.1 Å². The van der Waals surface area contributed by atoms with E-state index in [1.807, 2.05) is 18.3 Å². The molecule has 4 heteroatoms. The molecular formula is C16H27N3O. The Morgan fingerprint density at radius 1 is 1.55 bits per heavy atom. The van der Waals surface area contributed by atoms with Crippen molar-refractivity contribution in [1.29, 1.82) is 0 Å². The third kappa shape index (κ3) is 4.18. The average Bonchev–Trinajstić information content (AvgIpc) is 2.85. The van der Waals surface area contributed by atoms with E-state index in [4.69, 9.17) is 4.74 Å². The number of likely N-dealkylation sites (tertiary alicyclic amines) is 1. The first kappa shape index (κ1) is 15.3. The Hall–Kier alpha value is -1.13. The van der Waals surface area contributed by atoms with Gasteiger partial charge in [-0.2, -0.15) is 0 Å². The maximum atomic E-state index is 5.82. The molecule has 0 aliphatic carbocycles. The standard InChI is InChI=1S/C16H27N3O/c1-4-17-13(2)14-7-9-18-16(12-14)20-11-8-15-6-5-10-19(15)3/h7,9,12-13,15,17H,4-6,8,10-11H2,1-3H3. The van der Waals surface area contributed by atoms with Gasteiger partial charge in [-0.25, -0.2) is 4.98 Å². The van der Waals surface area contributed by atoms with Gasteiger partial charge < -0.3 is 15.0 Å². The van der Waals surface area contributed by atoms with Gasteiger partial charge in [-0.3, -0.25) is 0 Å². The van der Waals surface area contributed by atoms with E-state index in [9.17, 15) is 0 Å². The number of rotatable bonds is 7. The molecule has 2 rings (SSSR count). The van der Waals surface area contributed by atoms with Gasteiger partial charge in [-0.15, -0.1) is 0 Å². The highest BCUT2D eigenvalue weighted by molar-refractivity contribution is 5.23. The molecule has 2 heterocycles. The van der Waals surface area contributed by atoms with Crippen LogP contribution in [0, 0.1) is 0 Å². The summed E-state index contributed by atoms with van der Waals surface area (Å²) < 4.78 is 5.82. The first-order chi connectivity index (χ1) is 9.70. The summed E-state index contributed by atoms with van der Waals surface area (Å²) in [6.45, 7) is 7.22. The summed E-state index contributed by atoms with van der Waals surface area (Å²) >= 11 is 0. The number of ether oxygens (including phenoxy) is 1. The van der Waals surface area contributed by atoms with Crippen LogP contribution < -0.4 is 10.1 Å². The van der Waals surface area contributed by atoms with Crippen LogP contribution in [0.25, 0.3) is 0 Å². The maximum absolute atomic E-state index is 5.82. The van der Waals surface area contributed by atoms with Crippen molar-refractivity contribution in [2.75, 3.05) is 26.7 Å². The molecule has 0 amide bonds. The molecule has 0 aromatic carbocycles. The van der Waals surface area contributed by atoms with Gasteiger partial charge in [-0.1, -0.05) is 6.92 Å². The van der Waals surface area contributed by atoms with Crippen molar-refractivity contribution < 1.29 is 4.74 Å². The van der Waals surface area contributed by atoms with E-state index in [0.29, 0.717) is 12.1 Å². The van der Waals surface area contributed by atoms with Crippen LogP contribution in [0.2, 0.25) is 0 Å². The lowest BCUT2D eigenvalue weighted by Gasteiger charge is -2.19. The highest BCUT2D eigenvalue weighted by atomic mass is 16.5. The first-order valence-electron chi connectivity index (χ1n) is 7.73. The van der Waals surface area contributed by atoms with Crippen molar-refractivity contribution >= 4 is 0 Å². The summed E-state index contributed by atoms with van der Waals surface area (Å²) in [5.41, 5.74) is 1.23. The lowest BCUT2D eigenvalue weighted by atomic mass is 10.1. The van der Waals surface area contributed by atoms with Crippen LogP contribution in [0.1, 0.15) is 44.7 Å². The second-order valence-corrected chi connectivity index (χ2v) is 5.62. The Morgan fingerprint density at radius 3 is 3.10 bits per heavy atom. The van der Waals surface area contributed by atoms with Gasteiger partial charge in [0.25, 0.3) is 0 Å². The molecule has 1 N–H and O–H groups in total. The summed E-state index contributed by atoms with van der Waals surface area (Å²) in [5, 5.41) is 3.41. The van der Waals surface area contributed by atoms with Crippen molar-refractivity contribution in [3.63, 3.8) is 0 Å². The van der Waals surface area contributed by atoms with E-state index in [-0.39, 0.29) is 0 Å². The summed E-state index contributed by atoms with van der Waals surface area (Å²) in [7, 11) is 2.20. The largest absolute Gasteiger partial charge is 0.478 e. The Bertz CT molecular complexity index is 410. The van der Waals surface area contributed by atoms with Gasteiger partial charge in [0.05, 0.1) is 6.61 Å². The molecule has 1 aromatic heterocycles. The quantitative estimate of drug-likeness (QED) is 0.831. The fourth-order valence-electron chi connectivity index (χ4n) is 2.84. The molecule has 1 aliphatic rings. The van der Waals surface area contributed by atoms with Crippen molar-refractivity contribution in [2.24, 2.45) is 0 Å². The minimum Gasteiger partial charge on any atom is -0.478 e. The molecule has 112 valence electrons. The average molecular weight is 277 g/mol. The Labute approximate surface area is 122 Å². The number of pyridine rings is 1. The molecule has 20 heavy (non-hydrogen) atoms. The van der Waals surface area contributed by atoms with Crippen molar-refractivity contribution in [1.82, 2.24) is 15.2 Å². The number of aromatic nitrogens is 1. The topological polar surface area (TPSA) is 37.4 Å². The van der Waals surface area contributed by atoms with Gasteiger partial charge in [0.1, 0.15) is 0 Å². The van der Waals surface area contributed by atoms with Crippen molar-refractivity contribution in [3.05, 3.63) is 23.9 Å². The lowest BCUT2D eigenvalue weighted by Crippen LogP contribution is -2.26. The van der Waals surface area contributed by atoms with E-state index in [1.165, 1.54) is 24.9 Å². The summed E-state index contributed by atoms with van der Waals surface area (Å²) in [5.74, 6) is 0.743. The second-order valence-electron chi connectivity index (χ2n) is 5.62. The summed E-state index contributed by atoms with van der Waals surface area (Å²) in [6.07, 6.45) is 5.53. The Kier molecular flexibility index (Phi) is 5.80. The van der Waals surface area contributed by atoms with Gasteiger partial charge in [0.2, 0.25) is 5.88 Å². The van der Waals surface area contributed by atoms with Crippen LogP contribution in [-0.4, -0.2) is 42.7 Å². The third-order valence-corrected chi connectivity index (χ3v) is 4.14. The molecule has 2 unspecified atom stereocenters. The number of nitrogens with zero attached hydrogens (tertiary/aromatic N) is 2. The highest BCUT2D eigenvalue weighted by Gasteiger charge is 2.20. The zero-order valence-electron chi connectivity index (χ0n) is 12.9. The Morgan fingerprint density at radius 2 is 2.40 bits per heavy atom. The van der Waals surface area contributed by atoms with Gasteiger partial charge in [0, 0.05) is 24.3 Å². The van der Waals surface area contributed by atoms with E-state index in [1.54, 1.807) is 0 Å². The van der Waals surface area contributed by atoms with Crippen LogP contribution in [0.3, 0.4) is 0 Å². The first-order valence-corrected chi connectivity index (χ1v) is 7.73. The molecule has 0 bridgehead atoms. The van der Waals surface area contributed by atoms with Crippen molar-refractivity contribution in [2.45, 2.75) is 45.2 Å². The number of hydrogen-bond donors (Lipinski definition) is 1. The van der Waals surface area contributed by atoms with Gasteiger partial charge in [-0.05, 0) is 58.0 Å². The molecule has 0 saturated carbocycles. The molecule has 1 aliphatic heterocycles. The molecule has 0 spiro atoms. The molecule has 2 atom stereocenters. The summed E-state index contributed by atoms with van der Waals surface area (Å²) in [4.78, 5) is 6.73. The zero-order valence-corrected chi connectivity index (χ0v) is 12.9. The van der Waals surface area contributed by atoms with Crippen LogP contribution in [-0.2, 0) is 0 Å². The second kappa shape index (κ2) is 7.60. The Balaban J connectivity index is 1.82. The number of nitrogens with one attached hydrogen (secondary N) is 1. The molecule has 4 nitrogen and oxygen atoms in total. The molecule has 1 fully saturated rings. The molecule has 1 aromatic rings. The van der Waals surface area contributed by atoms with E-state index >= 15 is 0 Å². The smallest absolute Gasteiger partial charge is 0.213 e. The van der Waals surface area contributed by atoms with Crippen LogP contribution in [0.15, 0.2) is 18.3 Å². The minimum atomic E-state index is 0.339. The molecule has 0 radical (unpaired) electrons. The van der Waals surface area contributed by atoms with Crippen molar-refractivity contribution in [3.8, 4) is 5.88 Å². The molecular weight excluding hydrogens is 250 g/mol. The van der Waals surface area contributed by atoms with Gasteiger partial charge in [0.15, 0.2) is 0 Å².